The number of hydrogen-bond acceptors (Lipinski definition) is 13. The minimum atomic E-state index is -1.43. The first-order valence-corrected chi connectivity index (χ1v) is 15.8. The molecule has 6 aromatic carbocycles. The molecule has 6 aromatic rings. The normalized spacial score (nSPS) is 11.3. The smallest absolute Gasteiger partial charge is 0.358 e. The Morgan fingerprint density at radius 2 is 0.893 bits per heavy atom. The van der Waals surface area contributed by atoms with Gasteiger partial charge in [-0.2, -0.15) is 0 Å². The quantitative estimate of drug-likeness (QED) is 0.0396. The number of aromatic hydroxyl groups is 2. The van der Waals surface area contributed by atoms with E-state index in [1.165, 1.54) is 72.8 Å². The number of carbonyl (C=O) groups excluding carboxylic acids is 1. The Kier molecular flexibility index (Phi) is 9.81. The Hall–Kier alpha value is -8.61. The predicted molar refractivity (Wildman–Crippen MR) is 199 cm³/mol. The molecule has 280 valence electrons. The molecule has 12 N–H and O–H groups in total. The van der Waals surface area contributed by atoms with Gasteiger partial charge in [0.1, 0.15) is 22.9 Å². The van der Waals surface area contributed by atoms with Gasteiger partial charge in [-0.05, 0) is 82.6 Å². The van der Waals surface area contributed by atoms with E-state index in [1.54, 1.807) is 0 Å². The van der Waals surface area contributed by atoms with Gasteiger partial charge in [-0.25, -0.2) is 34.8 Å². The van der Waals surface area contributed by atoms with Crippen LogP contribution in [-0.2, 0) is 0 Å². The van der Waals surface area contributed by atoms with E-state index < -0.39 is 41.4 Å². The van der Waals surface area contributed by atoms with Gasteiger partial charge in [0.05, 0.1) is 22.3 Å². The molecule has 0 atom stereocenters. The van der Waals surface area contributed by atoms with Gasteiger partial charge >= 0.3 is 29.9 Å². The number of amides is 2. The molecule has 0 aliphatic carbocycles. The molecule has 19 nitrogen and oxygen atoms in total. The number of nitrogens with zero attached hydrogens (tertiary/aromatic N) is 4. The maximum Gasteiger partial charge on any atom is 0.358 e. The SMILES string of the molecule is Nc1ccc2cc(C(=O)O)cc(O)c2c1-c1ccc(/N=N/NC(=O)N/N=N/c2ccc(-c3c(N)ccc4cc(C(=O)O)cc(O)c34)cc2C(=O)O)c(C(=O)O)c1. The van der Waals surface area contributed by atoms with Crippen LogP contribution in [0, 0.1) is 0 Å². The van der Waals surface area contributed by atoms with Crippen molar-refractivity contribution in [3.63, 3.8) is 0 Å². The minimum Gasteiger partial charge on any atom is -0.507 e. The molecule has 0 fully saturated rings. The van der Waals surface area contributed by atoms with E-state index >= 15 is 0 Å². The summed E-state index contributed by atoms with van der Waals surface area (Å²) in [5, 5.41) is 75.4. The molecule has 0 unspecified atom stereocenters. The zero-order valence-electron chi connectivity index (χ0n) is 28.3. The van der Waals surface area contributed by atoms with Crippen molar-refractivity contribution in [1.29, 1.82) is 0 Å². The number of fused-ring (bicyclic) bond motifs is 2. The van der Waals surface area contributed by atoms with Gasteiger partial charge < -0.3 is 42.1 Å². The van der Waals surface area contributed by atoms with Crippen LogP contribution >= 0.6 is 0 Å². The van der Waals surface area contributed by atoms with Crippen molar-refractivity contribution < 1.29 is 54.6 Å². The fourth-order valence-corrected chi connectivity index (χ4v) is 5.96. The number of rotatable bonds is 10. The third-order valence-corrected chi connectivity index (χ3v) is 8.40. The molecule has 0 heterocycles. The summed E-state index contributed by atoms with van der Waals surface area (Å²) in [5.74, 6) is -6.16. The summed E-state index contributed by atoms with van der Waals surface area (Å²) in [4.78, 5) is 59.6. The molecule has 19 heteroatoms. The molecule has 0 spiro atoms. The first-order valence-electron chi connectivity index (χ1n) is 15.8. The summed E-state index contributed by atoms with van der Waals surface area (Å²) in [6.45, 7) is 0. The summed E-state index contributed by atoms with van der Waals surface area (Å²) in [5.41, 5.74) is 16.1. The number of benzene rings is 6. The molecule has 56 heavy (non-hydrogen) atoms. The summed E-state index contributed by atoms with van der Waals surface area (Å²) >= 11 is 0. The van der Waals surface area contributed by atoms with Crippen LogP contribution in [0.2, 0.25) is 0 Å². The van der Waals surface area contributed by atoms with E-state index in [-0.39, 0.29) is 78.0 Å². The van der Waals surface area contributed by atoms with Crippen molar-refractivity contribution in [2.75, 3.05) is 11.5 Å². The molecule has 0 bridgehead atoms. The molecule has 0 aliphatic rings. The third-order valence-electron chi connectivity index (χ3n) is 8.40. The number of nitrogens with one attached hydrogen (secondary N) is 2. The number of phenolic OH excluding ortho intramolecular Hbond substituents is 2. The predicted octanol–water partition coefficient (Wildman–Crippen LogP) is 6.69. The zero-order chi connectivity index (χ0) is 40.4. The summed E-state index contributed by atoms with van der Waals surface area (Å²) in [7, 11) is 0. The second-order valence-corrected chi connectivity index (χ2v) is 11.9. The van der Waals surface area contributed by atoms with Gasteiger partial charge in [0, 0.05) is 33.3 Å². The van der Waals surface area contributed by atoms with E-state index in [0.717, 1.165) is 12.1 Å². The van der Waals surface area contributed by atoms with E-state index in [2.05, 4.69) is 20.7 Å². The van der Waals surface area contributed by atoms with Crippen LogP contribution in [0.15, 0.2) is 106 Å². The van der Waals surface area contributed by atoms with E-state index in [9.17, 15) is 54.6 Å². The molecule has 2 amide bonds. The minimum absolute atomic E-state index is 0.160. The molecule has 0 saturated carbocycles. The molecule has 0 saturated heterocycles. The Labute approximate surface area is 312 Å². The Balaban J connectivity index is 1.20. The molecule has 0 aliphatic heterocycles. The Bertz CT molecular complexity index is 2560. The number of nitrogens with two attached hydrogens (primary N) is 2. The van der Waals surface area contributed by atoms with Crippen molar-refractivity contribution in [2.45, 2.75) is 0 Å². The van der Waals surface area contributed by atoms with Crippen molar-refractivity contribution in [3.05, 3.63) is 107 Å². The first kappa shape index (κ1) is 37.2. The number of aromatic carboxylic acids is 4. The molecular weight excluding hydrogens is 732 g/mol. The van der Waals surface area contributed by atoms with E-state index in [1.807, 2.05) is 10.9 Å². The number of anilines is 2. The van der Waals surface area contributed by atoms with Crippen molar-refractivity contribution >= 4 is 74.2 Å². The van der Waals surface area contributed by atoms with Crippen LogP contribution in [-0.4, -0.2) is 60.5 Å². The van der Waals surface area contributed by atoms with Crippen LogP contribution in [0.4, 0.5) is 27.5 Å². The summed E-state index contributed by atoms with van der Waals surface area (Å²) in [6, 6.07) is 17.4. The molecule has 0 aromatic heterocycles. The van der Waals surface area contributed by atoms with Crippen LogP contribution in [0.3, 0.4) is 0 Å². The monoisotopic (exact) mass is 758 g/mol. The Morgan fingerprint density at radius 3 is 1.25 bits per heavy atom. The lowest BCUT2D eigenvalue weighted by Gasteiger charge is -2.14. The number of carbonyl (C=O) groups is 5. The van der Waals surface area contributed by atoms with Crippen molar-refractivity contribution in [2.24, 2.45) is 20.7 Å². The topological polar surface area (TPSA) is 332 Å². The number of nitrogen functional groups attached to an aromatic ring is 2. The molecule has 0 radical (unpaired) electrons. The Morgan fingerprint density at radius 1 is 0.500 bits per heavy atom. The second kappa shape index (κ2) is 14.8. The van der Waals surface area contributed by atoms with Crippen LogP contribution < -0.4 is 22.3 Å². The first-order chi connectivity index (χ1) is 26.6. The number of urea groups is 1. The average Bonchev–Trinajstić information content (AvgIpc) is 3.15. The highest BCUT2D eigenvalue weighted by molar-refractivity contribution is 6.10. The highest BCUT2D eigenvalue weighted by atomic mass is 16.4. The van der Waals surface area contributed by atoms with Gasteiger partial charge in [0.15, 0.2) is 0 Å². The summed E-state index contributed by atoms with van der Waals surface area (Å²) in [6.07, 6.45) is 0. The number of phenols is 2. The lowest BCUT2D eigenvalue weighted by atomic mass is 9.93. The van der Waals surface area contributed by atoms with Gasteiger partial charge in [0.25, 0.3) is 0 Å². The number of carboxylic acids is 4. The number of hydrogen-bond donors (Lipinski definition) is 10. The standard InChI is InChI=1S/C37H26N8O11/c38-23-5-1-15-9-19(33(48)49)13-27(46)31(15)29(23)17-3-7-25(21(11-17)35(52)53)40-44-42-37(56)43-45-41-26-8-4-18(12-22(26)36(54)55)30-24(39)6-2-16-10-20(34(50)51)14-28(47)32(16)30/h1-14,46-47H,38-39H2,(H,48,49)(H,50,51)(H,52,53)(H,54,55)(H2,40,41,42,43,56). The van der Waals surface area contributed by atoms with Crippen LogP contribution in [0.5, 0.6) is 11.5 Å². The van der Waals surface area contributed by atoms with E-state index in [4.69, 9.17) is 11.5 Å². The van der Waals surface area contributed by atoms with Crippen LogP contribution in [0.1, 0.15) is 41.4 Å². The summed E-state index contributed by atoms with van der Waals surface area (Å²) < 4.78 is 0. The fraction of sp³-hybridized carbons (Fsp3) is 0. The van der Waals surface area contributed by atoms with Crippen molar-refractivity contribution in [3.8, 4) is 33.8 Å². The zero-order valence-corrected chi connectivity index (χ0v) is 28.3. The number of carboxylic acid groups (broad SMARTS) is 4. The van der Waals surface area contributed by atoms with Gasteiger partial charge in [-0.1, -0.05) is 34.7 Å². The highest BCUT2D eigenvalue weighted by Crippen LogP contribution is 2.42. The lowest BCUT2D eigenvalue weighted by molar-refractivity contribution is 0.0686. The highest BCUT2D eigenvalue weighted by Gasteiger charge is 2.20. The average molecular weight is 759 g/mol. The lowest BCUT2D eigenvalue weighted by Crippen LogP contribution is -2.27. The second-order valence-electron chi connectivity index (χ2n) is 11.9. The fourth-order valence-electron chi connectivity index (χ4n) is 5.96. The van der Waals surface area contributed by atoms with Crippen LogP contribution in [0.25, 0.3) is 43.8 Å². The molecular formula is C37H26N8O11. The third kappa shape index (κ3) is 7.21. The largest absolute Gasteiger partial charge is 0.507 e. The van der Waals surface area contributed by atoms with Gasteiger partial charge in [-0.3, -0.25) is 0 Å². The van der Waals surface area contributed by atoms with Gasteiger partial charge in [0.2, 0.25) is 0 Å². The maximum absolute atomic E-state index is 12.3. The molecule has 6 rings (SSSR count). The van der Waals surface area contributed by atoms with E-state index in [0.29, 0.717) is 10.8 Å². The maximum atomic E-state index is 12.3. The van der Waals surface area contributed by atoms with Gasteiger partial charge in [-0.15, -0.1) is 10.2 Å². The van der Waals surface area contributed by atoms with Crippen molar-refractivity contribution in [1.82, 2.24) is 10.9 Å².